The van der Waals surface area contributed by atoms with E-state index >= 15 is 0 Å². The van der Waals surface area contributed by atoms with Crippen LogP contribution in [0.15, 0.2) is 91.0 Å². The van der Waals surface area contributed by atoms with Gasteiger partial charge < -0.3 is 4.57 Å². The topological polar surface area (TPSA) is 4.93 Å². The number of aryl methyl sites for hydroxylation is 1. The van der Waals surface area contributed by atoms with Crippen LogP contribution in [-0.2, 0) is 5.41 Å². The summed E-state index contributed by atoms with van der Waals surface area (Å²) in [4.78, 5) is 0. The van der Waals surface area contributed by atoms with E-state index in [-0.39, 0.29) is 5.41 Å². The number of rotatable bonds is 2. The summed E-state index contributed by atoms with van der Waals surface area (Å²) in [5.41, 5.74) is 9.04. The molecule has 30 heavy (non-hydrogen) atoms. The summed E-state index contributed by atoms with van der Waals surface area (Å²) in [6, 6.07) is 33.0. The number of aromatic nitrogens is 1. The summed E-state index contributed by atoms with van der Waals surface area (Å²) >= 11 is 0. The Balaban J connectivity index is 1.96. The molecule has 5 rings (SSSR count). The van der Waals surface area contributed by atoms with Crippen molar-refractivity contribution in [2.75, 3.05) is 0 Å². The number of benzene rings is 4. The van der Waals surface area contributed by atoms with Crippen LogP contribution in [0.25, 0.3) is 38.6 Å². The lowest BCUT2D eigenvalue weighted by atomic mass is 9.79. The fraction of sp³-hybridized carbons (Fsp3) is 0.172. The van der Waals surface area contributed by atoms with Crippen molar-refractivity contribution in [3.05, 3.63) is 102 Å². The van der Waals surface area contributed by atoms with Gasteiger partial charge in [-0.2, -0.15) is 0 Å². The molecule has 4 aromatic carbocycles. The highest BCUT2D eigenvalue weighted by Gasteiger charge is 2.25. The van der Waals surface area contributed by atoms with Crippen molar-refractivity contribution in [2.24, 2.45) is 0 Å². The van der Waals surface area contributed by atoms with Gasteiger partial charge in [-0.05, 0) is 53.3 Å². The molecule has 0 aliphatic rings. The van der Waals surface area contributed by atoms with Gasteiger partial charge >= 0.3 is 0 Å². The van der Waals surface area contributed by atoms with Gasteiger partial charge in [0.15, 0.2) is 0 Å². The molecule has 0 unspecified atom stereocenters. The van der Waals surface area contributed by atoms with E-state index in [4.69, 9.17) is 0 Å². The molecule has 0 bridgehead atoms. The Morgan fingerprint density at radius 1 is 0.633 bits per heavy atom. The molecule has 1 heteroatoms. The molecule has 0 amide bonds. The van der Waals surface area contributed by atoms with E-state index in [2.05, 4.69) is 123 Å². The first-order valence-electron chi connectivity index (χ1n) is 10.6. The van der Waals surface area contributed by atoms with Crippen molar-refractivity contribution in [2.45, 2.75) is 33.1 Å². The minimum Gasteiger partial charge on any atom is -0.309 e. The average molecular weight is 390 g/mol. The van der Waals surface area contributed by atoms with E-state index < -0.39 is 0 Å². The fourth-order valence-corrected chi connectivity index (χ4v) is 4.67. The molecule has 1 nitrogen and oxygen atoms in total. The Bertz CT molecular complexity index is 1350. The first kappa shape index (κ1) is 18.7. The minimum atomic E-state index is 0.00533. The molecule has 0 aliphatic heterocycles. The third-order valence-corrected chi connectivity index (χ3v) is 5.97. The second kappa shape index (κ2) is 6.88. The van der Waals surface area contributed by atoms with E-state index in [9.17, 15) is 0 Å². The van der Waals surface area contributed by atoms with Crippen LogP contribution in [0.2, 0.25) is 0 Å². The lowest BCUT2D eigenvalue weighted by molar-refractivity contribution is 0.598. The maximum Gasteiger partial charge on any atom is 0.0544 e. The van der Waals surface area contributed by atoms with Crippen molar-refractivity contribution < 1.29 is 0 Å². The molecule has 1 heterocycles. The molecule has 0 saturated heterocycles. The van der Waals surface area contributed by atoms with E-state index in [0.29, 0.717) is 0 Å². The predicted molar refractivity (Wildman–Crippen MR) is 130 cm³/mol. The quantitative estimate of drug-likeness (QED) is 0.288. The maximum atomic E-state index is 2.40. The van der Waals surface area contributed by atoms with E-state index in [0.717, 1.165) is 0 Å². The van der Waals surface area contributed by atoms with Crippen molar-refractivity contribution >= 4 is 21.8 Å². The average Bonchev–Trinajstić information content (AvgIpc) is 3.08. The summed E-state index contributed by atoms with van der Waals surface area (Å²) in [6.07, 6.45) is 0. The lowest BCUT2D eigenvalue weighted by Gasteiger charge is -2.25. The van der Waals surface area contributed by atoms with E-state index in [1.165, 1.54) is 49.7 Å². The third-order valence-electron chi connectivity index (χ3n) is 5.97. The number of fused-ring (bicyclic) bond motifs is 3. The van der Waals surface area contributed by atoms with Gasteiger partial charge in [-0.3, -0.25) is 0 Å². The molecular formula is C29H27N. The second-order valence-corrected chi connectivity index (χ2v) is 9.19. The zero-order valence-corrected chi connectivity index (χ0v) is 18.1. The number of para-hydroxylation sites is 2. The zero-order valence-electron chi connectivity index (χ0n) is 18.1. The van der Waals surface area contributed by atoms with Crippen molar-refractivity contribution in [1.29, 1.82) is 0 Å². The molecule has 0 fully saturated rings. The lowest BCUT2D eigenvalue weighted by Crippen LogP contribution is -2.13. The van der Waals surface area contributed by atoms with Gasteiger partial charge in [0.05, 0.1) is 11.0 Å². The van der Waals surface area contributed by atoms with Gasteiger partial charge in [-0.1, -0.05) is 93.1 Å². The summed E-state index contributed by atoms with van der Waals surface area (Å²) in [5.74, 6) is 0. The summed E-state index contributed by atoms with van der Waals surface area (Å²) in [7, 11) is 0. The van der Waals surface area contributed by atoms with Crippen LogP contribution in [0.1, 0.15) is 31.9 Å². The molecule has 0 saturated carbocycles. The van der Waals surface area contributed by atoms with Crippen LogP contribution in [0, 0.1) is 6.92 Å². The van der Waals surface area contributed by atoms with Crippen LogP contribution in [-0.4, -0.2) is 4.57 Å². The third kappa shape index (κ3) is 2.93. The fourth-order valence-electron chi connectivity index (χ4n) is 4.67. The normalized spacial score (nSPS) is 12.0. The summed E-state index contributed by atoms with van der Waals surface area (Å²) in [6.45, 7) is 9.13. The molecule has 5 aromatic rings. The molecular weight excluding hydrogens is 362 g/mol. The molecule has 148 valence electrons. The van der Waals surface area contributed by atoms with E-state index in [1.54, 1.807) is 0 Å². The Morgan fingerprint density at radius 2 is 1.30 bits per heavy atom. The van der Waals surface area contributed by atoms with Gasteiger partial charge in [-0.15, -0.1) is 0 Å². The van der Waals surface area contributed by atoms with Crippen LogP contribution in [0.3, 0.4) is 0 Å². The molecule has 0 radical (unpaired) electrons. The second-order valence-electron chi connectivity index (χ2n) is 9.19. The summed E-state index contributed by atoms with van der Waals surface area (Å²) < 4.78 is 2.40. The highest BCUT2D eigenvalue weighted by atomic mass is 15.0. The predicted octanol–water partition coefficient (Wildman–Crippen LogP) is 8.06. The van der Waals surface area contributed by atoms with Crippen LogP contribution >= 0.6 is 0 Å². The van der Waals surface area contributed by atoms with Crippen molar-refractivity contribution in [3.63, 3.8) is 0 Å². The summed E-state index contributed by atoms with van der Waals surface area (Å²) in [5, 5.41) is 2.68. The smallest absolute Gasteiger partial charge is 0.0544 e. The highest BCUT2D eigenvalue weighted by Crippen LogP contribution is 2.43. The van der Waals surface area contributed by atoms with Gasteiger partial charge in [-0.25, -0.2) is 0 Å². The van der Waals surface area contributed by atoms with Gasteiger partial charge in [0, 0.05) is 16.5 Å². The van der Waals surface area contributed by atoms with Crippen molar-refractivity contribution in [1.82, 2.24) is 4.57 Å². The minimum absolute atomic E-state index is 0.00533. The number of nitrogens with zero attached hydrogens (tertiary/aromatic N) is 1. The maximum absolute atomic E-state index is 2.40. The molecule has 0 spiro atoms. The standard InChI is InChI=1S/C29H27N/c1-20-14-16-21(17-15-20)23-18-19-26-27(28(23)29(2,3)4)24-12-8-9-13-25(24)30(26)22-10-6-5-7-11-22/h5-19H,1-4H3. The van der Waals surface area contributed by atoms with E-state index in [1.807, 2.05) is 0 Å². The number of hydrogen-bond donors (Lipinski definition) is 0. The molecule has 0 aliphatic carbocycles. The largest absolute Gasteiger partial charge is 0.309 e. The SMILES string of the molecule is Cc1ccc(-c2ccc3c(c2C(C)(C)C)c2ccccc2n3-c2ccccc2)cc1. The Morgan fingerprint density at radius 3 is 2.00 bits per heavy atom. The zero-order chi connectivity index (χ0) is 20.9. The molecule has 1 aromatic heterocycles. The number of hydrogen-bond acceptors (Lipinski definition) is 0. The van der Waals surface area contributed by atoms with Gasteiger partial charge in [0.1, 0.15) is 0 Å². The molecule has 0 N–H and O–H groups in total. The van der Waals surface area contributed by atoms with Gasteiger partial charge in [0.2, 0.25) is 0 Å². The Labute approximate surface area is 178 Å². The van der Waals surface area contributed by atoms with Crippen LogP contribution < -0.4 is 0 Å². The first-order chi connectivity index (χ1) is 14.4. The van der Waals surface area contributed by atoms with Crippen molar-refractivity contribution in [3.8, 4) is 16.8 Å². The first-order valence-corrected chi connectivity index (χ1v) is 10.6. The monoisotopic (exact) mass is 389 g/mol. The van der Waals surface area contributed by atoms with Crippen LogP contribution in [0.4, 0.5) is 0 Å². The molecule has 0 atom stereocenters. The Hall–Kier alpha value is -3.32. The Kier molecular flexibility index (Phi) is 4.29. The van der Waals surface area contributed by atoms with Crippen LogP contribution in [0.5, 0.6) is 0 Å². The highest BCUT2D eigenvalue weighted by molar-refractivity contribution is 6.13. The van der Waals surface area contributed by atoms with Gasteiger partial charge in [0.25, 0.3) is 0 Å².